The molecule has 0 bridgehead atoms. The molecule has 1 aromatic rings. The summed E-state index contributed by atoms with van der Waals surface area (Å²) >= 11 is 0. The van der Waals surface area contributed by atoms with Gasteiger partial charge in [-0.25, -0.2) is 9.78 Å². The van der Waals surface area contributed by atoms with Crippen LogP contribution in [0.2, 0.25) is 0 Å². The Labute approximate surface area is 133 Å². The van der Waals surface area contributed by atoms with Crippen LogP contribution in [0.15, 0.2) is 18.2 Å². The van der Waals surface area contributed by atoms with Gasteiger partial charge in [-0.15, -0.1) is 0 Å². The van der Waals surface area contributed by atoms with Crippen LogP contribution in [-0.2, 0) is 0 Å². The van der Waals surface area contributed by atoms with Gasteiger partial charge in [-0.3, -0.25) is 0 Å². The molecule has 1 aromatic heterocycles. The molecule has 22 heavy (non-hydrogen) atoms. The largest absolute Gasteiger partial charge is 0.481 e. The zero-order chi connectivity index (χ0) is 16.6. The van der Waals surface area contributed by atoms with E-state index in [-0.39, 0.29) is 5.69 Å². The fourth-order valence-corrected chi connectivity index (χ4v) is 1.93. The van der Waals surface area contributed by atoms with Crippen LogP contribution in [0.3, 0.4) is 0 Å². The summed E-state index contributed by atoms with van der Waals surface area (Å²) in [6.07, 6.45) is 11.0. The highest BCUT2D eigenvalue weighted by Crippen LogP contribution is 2.07. The van der Waals surface area contributed by atoms with Gasteiger partial charge in [0.15, 0.2) is 5.69 Å². The van der Waals surface area contributed by atoms with Crippen molar-refractivity contribution in [3.05, 3.63) is 23.9 Å². The lowest BCUT2D eigenvalue weighted by atomic mass is 10.1. The first kappa shape index (κ1) is 20.4. The standard InChI is InChI=1S/C10H23N.C7H7NO3/c1-2-3-4-5-6-7-8-9-10-11;1-11-6-4-2-3-5(8-6)7(9)10/h2-11H2,1H3;2-4H,1H3,(H,9,10). The molecule has 0 aromatic carbocycles. The Morgan fingerprint density at radius 2 is 1.73 bits per heavy atom. The summed E-state index contributed by atoms with van der Waals surface area (Å²) in [6.45, 7) is 3.13. The van der Waals surface area contributed by atoms with Crippen molar-refractivity contribution >= 4 is 5.97 Å². The number of pyridine rings is 1. The lowest BCUT2D eigenvalue weighted by molar-refractivity contribution is 0.0689. The number of nitrogens with zero attached hydrogens (tertiary/aromatic N) is 1. The summed E-state index contributed by atoms with van der Waals surface area (Å²) in [5.41, 5.74) is 5.38. The number of aromatic nitrogens is 1. The van der Waals surface area contributed by atoms with Crippen LogP contribution < -0.4 is 10.5 Å². The number of carboxylic acid groups (broad SMARTS) is 1. The van der Waals surface area contributed by atoms with Crippen LogP contribution in [0.25, 0.3) is 0 Å². The van der Waals surface area contributed by atoms with E-state index in [1.54, 1.807) is 12.1 Å². The molecule has 0 aliphatic carbocycles. The number of nitrogens with two attached hydrogens (primary N) is 1. The molecule has 1 heterocycles. The molecular formula is C17H30N2O3. The summed E-state index contributed by atoms with van der Waals surface area (Å²) in [5, 5.41) is 8.49. The molecule has 0 atom stereocenters. The van der Waals surface area contributed by atoms with Gasteiger partial charge in [-0.2, -0.15) is 0 Å². The van der Waals surface area contributed by atoms with Crippen molar-refractivity contribution in [3.8, 4) is 5.88 Å². The Morgan fingerprint density at radius 1 is 1.14 bits per heavy atom. The first-order valence-corrected chi connectivity index (χ1v) is 8.10. The third-order valence-electron chi connectivity index (χ3n) is 3.21. The Bertz CT molecular complexity index is 389. The van der Waals surface area contributed by atoms with Gasteiger partial charge in [-0.05, 0) is 19.0 Å². The van der Waals surface area contributed by atoms with Crippen LogP contribution in [0.1, 0.15) is 68.8 Å². The molecule has 0 aliphatic heterocycles. The third-order valence-corrected chi connectivity index (χ3v) is 3.21. The molecule has 0 spiro atoms. The van der Waals surface area contributed by atoms with Gasteiger partial charge >= 0.3 is 5.97 Å². The predicted octanol–water partition coefficient (Wildman–Crippen LogP) is 3.87. The van der Waals surface area contributed by atoms with E-state index in [9.17, 15) is 4.79 Å². The predicted molar refractivity (Wildman–Crippen MR) is 89.4 cm³/mol. The maximum atomic E-state index is 10.4. The van der Waals surface area contributed by atoms with Crippen molar-refractivity contribution < 1.29 is 14.6 Å². The maximum absolute atomic E-state index is 10.4. The van der Waals surface area contributed by atoms with Crippen molar-refractivity contribution in [1.82, 2.24) is 4.98 Å². The molecule has 5 nitrogen and oxygen atoms in total. The zero-order valence-corrected chi connectivity index (χ0v) is 13.9. The van der Waals surface area contributed by atoms with Gasteiger partial charge in [0.1, 0.15) is 0 Å². The maximum Gasteiger partial charge on any atom is 0.354 e. The van der Waals surface area contributed by atoms with Gasteiger partial charge in [0.05, 0.1) is 7.11 Å². The van der Waals surface area contributed by atoms with E-state index in [1.807, 2.05) is 0 Å². The molecule has 1 rings (SSSR count). The number of hydrogen-bond donors (Lipinski definition) is 2. The molecule has 0 aliphatic rings. The first-order valence-electron chi connectivity index (χ1n) is 8.10. The fraction of sp³-hybridized carbons (Fsp3) is 0.647. The number of methoxy groups -OCH3 is 1. The number of hydrogen-bond acceptors (Lipinski definition) is 4. The number of carbonyl (C=O) groups is 1. The SMILES string of the molecule is CCCCCCCCCCN.COc1cccc(C(=O)O)n1. The first-order chi connectivity index (χ1) is 10.7. The Balaban J connectivity index is 0.000000401. The lowest BCUT2D eigenvalue weighted by Crippen LogP contribution is -2.00. The second-order valence-corrected chi connectivity index (χ2v) is 5.13. The second kappa shape index (κ2) is 14.3. The molecule has 0 unspecified atom stereocenters. The van der Waals surface area contributed by atoms with Crippen LogP contribution in [0, 0.1) is 0 Å². The molecule has 0 saturated carbocycles. The quantitative estimate of drug-likeness (QED) is 0.641. The summed E-state index contributed by atoms with van der Waals surface area (Å²) in [6, 6.07) is 4.58. The summed E-state index contributed by atoms with van der Waals surface area (Å²) < 4.78 is 4.73. The van der Waals surface area contributed by atoms with E-state index in [0.717, 1.165) is 6.54 Å². The van der Waals surface area contributed by atoms with Crippen LogP contribution >= 0.6 is 0 Å². The molecule has 0 saturated heterocycles. The minimum atomic E-state index is -1.05. The summed E-state index contributed by atoms with van der Waals surface area (Å²) in [5.74, 6) is -0.742. The average Bonchev–Trinajstić information content (AvgIpc) is 2.55. The monoisotopic (exact) mass is 310 g/mol. The highest BCUT2D eigenvalue weighted by atomic mass is 16.5. The van der Waals surface area contributed by atoms with Crippen molar-refractivity contribution in [2.75, 3.05) is 13.7 Å². The smallest absolute Gasteiger partial charge is 0.354 e. The number of rotatable bonds is 10. The van der Waals surface area contributed by atoms with Gasteiger partial charge in [0.25, 0.3) is 0 Å². The molecule has 3 N–H and O–H groups in total. The van der Waals surface area contributed by atoms with Crippen molar-refractivity contribution in [2.24, 2.45) is 5.73 Å². The minimum absolute atomic E-state index is 0.00986. The number of ether oxygens (including phenoxy) is 1. The number of unbranched alkanes of at least 4 members (excludes halogenated alkanes) is 7. The van der Waals surface area contributed by atoms with Gasteiger partial charge in [0, 0.05) is 6.07 Å². The Hall–Kier alpha value is -1.62. The molecule has 126 valence electrons. The van der Waals surface area contributed by atoms with Gasteiger partial charge in [0.2, 0.25) is 5.88 Å². The van der Waals surface area contributed by atoms with E-state index >= 15 is 0 Å². The molecule has 0 amide bonds. The van der Waals surface area contributed by atoms with Crippen LogP contribution in [-0.4, -0.2) is 29.7 Å². The summed E-state index contributed by atoms with van der Waals surface area (Å²) in [7, 11) is 1.44. The number of aromatic carboxylic acids is 1. The molecule has 0 fully saturated rings. The summed E-state index contributed by atoms with van der Waals surface area (Å²) in [4.78, 5) is 14.0. The van der Waals surface area contributed by atoms with E-state index in [1.165, 1.54) is 64.5 Å². The molecule has 5 heteroatoms. The van der Waals surface area contributed by atoms with Gasteiger partial charge < -0.3 is 15.6 Å². The average molecular weight is 310 g/mol. The fourth-order valence-electron chi connectivity index (χ4n) is 1.93. The minimum Gasteiger partial charge on any atom is -0.481 e. The molecular weight excluding hydrogens is 280 g/mol. The lowest BCUT2D eigenvalue weighted by Gasteiger charge is -1.99. The second-order valence-electron chi connectivity index (χ2n) is 5.13. The van der Waals surface area contributed by atoms with Crippen LogP contribution in [0.5, 0.6) is 5.88 Å². The number of carboxylic acids is 1. The molecule has 0 radical (unpaired) electrons. The van der Waals surface area contributed by atoms with Gasteiger partial charge in [-0.1, -0.05) is 57.9 Å². The zero-order valence-electron chi connectivity index (χ0n) is 13.9. The third kappa shape index (κ3) is 11.1. The Morgan fingerprint density at radius 3 is 2.23 bits per heavy atom. The highest BCUT2D eigenvalue weighted by molar-refractivity contribution is 5.85. The highest BCUT2D eigenvalue weighted by Gasteiger charge is 2.03. The van der Waals surface area contributed by atoms with Crippen molar-refractivity contribution in [2.45, 2.75) is 58.3 Å². The van der Waals surface area contributed by atoms with Crippen molar-refractivity contribution in [1.29, 1.82) is 0 Å². The Kier molecular flexibility index (Phi) is 13.3. The van der Waals surface area contributed by atoms with Crippen molar-refractivity contribution in [3.63, 3.8) is 0 Å². The van der Waals surface area contributed by atoms with E-state index in [2.05, 4.69) is 11.9 Å². The van der Waals surface area contributed by atoms with E-state index in [0.29, 0.717) is 5.88 Å². The van der Waals surface area contributed by atoms with Crippen LogP contribution in [0.4, 0.5) is 0 Å². The normalized spacial score (nSPS) is 9.77. The van der Waals surface area contributed by atoms with E-state index < -0.39 is 5.97 Å². The topological polar surface area (TPSA) is 85.4 Å². The van der Waals surface area contributed by atoms with E-state index in [4.69, 9.17) is 15.6 Å².